The van der Waals surface area contributed by atoms with Crippen molar-refractivity contribution in [3.8, 4) is 0 Å². The van der Waals surface area contributed by atoms with Gasteiger partial charge in [-0.25, -0.2) is 0 Å². The SMILES string of the molecule is COCC(C)N(C)C(=O)c1ccc(Cl)cc1[N+](=O)[O-]. The summed E-state index contributed by atoms with van der Waals surface area (Å²) in [5, 5.41) is 11.2. The second-order valence-electron chi connectivity index (χ2n) is 4.14. The van der Waals surface area contributed by atoms with E-state index in [1.165, 1.54) is 30.2 Å². The molecule has 0 aliphatic rings. The molecular weight excluding hydrogens is 272 g/mol. The zero-order valence-corrected chi connectivity index (χ0v) is 11.7. The maximum absolute atomic E-state index is 12.2. The van der Waals surface area contributed by atoms with Crippen LogP contribution in [0, 0.1) is 10.1 Å². The van der Waals surface area contributed by atoms with Gasteiger partial charge in [-0.3, -0.25) is 14.9 Å². The predicted molar refractivity (Wildman–Crippen MR) is 71.5 cm³/mol. The molecule has 1 aromatic carbocycles. The number of nitro benzene ring substituents is 1. The van der Waals surface area contributed by atoms with E-state index in [9.17, 15) is 14.9 Å². The molecule has 0 aliphatic heterocycles. The van der Waals surface area contributed by atoms with Crippen LogP contribution in [0.15, 0.2) is 18.2 Å². The summed E-state index contributed by atoms with van der Waals surface area (Å²) in [6, 6.07) is 3.80. The van der Waals surface area contributed by atoms with Gasteiger partial charge in [-0.2, -0.15) is 0 Å². The highest BCUT2D eigenvalue weighted by atomic mass is 35.5. The Morgan fingerprint density at radius 3 is 2.74 bits per heavy atom. The molecule has 1 atom stereocenters. The third-order valence-corrected chi connectivity index (χ3v) is 3.01. The number of nitrogens with zero attached hydrogens (tertiary/aromatic N) is 2. The Morgan fingerprint density at radius 1 is 1.58 bits per heavy atom. The summed E-state index contributed by atoms with van der Waals surface area (Å²) < 4.78 is 4.96. The molecule has 1 amide bonds. The third-order valence-electron chi connectivity index (χ3n) is 2.78. The number of hydrogen-bond acceptors (Lipinski definition) is 4. The molecule has 0 aromatic heterocycles. The van der Waals surface area contributed by atoms with Crippen molar-refractivity contribution in [3.05, 3.63) is 38.9 Å². The highest BCUT2D eigenvalue weighted by Crippen LogP contribution is 2.24. The summed E-state index contributed by atoms with van der Waals surface area (Å²) in [5.74, 6) is -0.437. The van der Waals surface area contributed by atoms with Crippen LogP contribution in [0.2, 0.25) is 5.02 Å². The predicted octanol–water partition coefficient (Wildman–Crippen LogP) is 2.36. The van der Waals surface area contributed by atoms with E-state index in [-0.39, 0.29) is 22.3 Å². The lowest BCUT2D eigenvalue weighted by Gasteiger charge is -2.24. The fourth-order valence-corrected chi connectivity index (χ4v) is 1.75. The second kappa shape index (κ2) is 6.49. The minimum absolute atomic E-state index is 0.0138. The molecule has 6 nitrogen and oxygen atoms in total. The molecule has 0 bridgehead atoms. The van der Waals surface area contributed by atoms with E-state index in [0.717, 1.165) is 0 Å². The van der Waals surface area contributed by atoms with E-state index in [0.29, 0.717) is 6.61 Å². The molecular formula is C12H15ClN2O4. The number of rotatable bonds is 5. The Hall–Kier alpha value is -1.66. The Kier molecular flexibility index (Phi) is 5.26. The molecule has 1 rings (SSSR count). The van der Waals surface area contributed by atoms with Crippen LogP contribution in [0.5, 0.6) is 0 Å². The molecule has 0 saturated carbocycles. The average Bonchev–Trinajstić information content (AvgIpc) is 2.37. The molecule has 0 spiro atoms. The lowest BCUT2D eigenvalue weighted by molar-refractivity contribution is -0.385. The molecule has 0 saturated heterocycles. The van der Waals surface area contributed by atoms with Crippen LogP contribution in [-0.2, 0) is 4.74 Å². The number of ether oxygens (including phenoxy) is 1. The minimum atomic E-state index is -0.617. The van der Waals surface area contributed by atoms with Gasteiger partial charge in [-0.15, -0.1) is 0 Å². The lowest BCUT2D eigenvalue weighted by Crippen LogP contribution is -2.38. The normalized spacial score (nSPS) is 12.0. The standard InChI is InChI=1S/C12H15ClN2O4/c1-8(7-19-3)14(2)12(16)10-5-4-9(13)6-11(10)15(17)18/h4-6,8H,7H2,1-3H3. The van der Waals surface area contributed by atoms with Crippen LogP contribution in [-0.4, -0.2) is 42.5 Å². The number of halogens is 1. The number of hydrogen-bond donors (Lipinski definition) is 0. The van der Waals surface area contributed by atoms with Crippen molar-refractivity contribution in [1.29, 1.82) is 0 Å². The molecule has 0 aliphatic carbocycles. The van der Waals surface area contributed by atoms with Crippen LogP contribution in [0.4, 0.5) is 5.69 Å². The molecule has 0 fully saturated rings. The van der Waals surface area contributed by atoms with E-state index in [1.54, 1.807) is 14.0 Å². The average molecular weight is 287 g/mol. The summed E-state index contributed by atoms with van der Waals surface area (Å²) in [6.07, 6.45) is 0. The molecule has 1 aromatic rings. The van der Waals surface area contributed by atoms with Crippen LogP contribution >= 0.6 is 11.6 Å². The van der Waals surface area contributed by atoms with Gasteiger partial charge in [0.25, 0.3) is 11.6 Å². The third kappa shape index (κ3) is 3.65. The molecule has 7 heteroatoms. The number of benzene rings is 1. The first-order chi connectivity index (χ1) is 8.88. The number of likely N-dealkylation sites (N-methyl/N-ethyl adjacent to an activating group) is 1. The van der Waals surface area contributed by atoms with Crippen molar-refractivity contribution in [1.82, 2.24) is 4.90 Å². The number of methoxy groups -OCH3 is 1. The van der Waals surface area contributed by atoms with Crippen molar-refractivity contribution in [2.24, 2.45) is 0 Å². The van der Waals surface area contributed by atoms with Gasteiger partial charge in [-0.1, -0.05) is 11.6 Å². The smallest absolute Gasteiger partial charge is 0.283 e. The van der Waals surface area contributed by atoms with Crippen LogP contribution in [0.1, 0.15) is 17.3 Å². The quantitative estimate of drug-likeness (QED) is 0.615. The Morgan fingerprint density at radius 2 is 2.21 bits per heavy atom. The molecule has 0 radical (unpaired) electrons. The fourth-order valence-electron chi connectivity index (χ4n) is 1.58. The largest absolute Gasteiger partial charge is 0.383 e. The molecule has 0 N–H and O–H groups in total. The van der Waals surface area contributed by atoms with Crippen molar-refractivity contribution in [2.45, 2.75) is 13.0 Å². The summed E-state index contributed by atoms with van der Waals surface area (Å²) in [4.78, 5) is 24.0. The Labute approximate surface area is 116 Å². The van der Waals surface area contributed by atoms with Crippen LogP contribution in [0.25, 0.3) is 0 Å². The van der Waals surface area contributed by atoms with Gasteiger partial charge in [-0.05, 0) is 19.1 Å². The highest BCUT2D eigenvalue weighted by molar-refractivity contribution is 6.31. The summed E-state index contributed by atoms with van der Waals surface area (Å²) in [6.45, 7) is 2.15. The number of carbonyl (C=O) groups excluding carboxylic acids is 1. The van der Waals surface area contributed by atoms with Gasteiger partial charge in [0.1, 0.15) is 5.56 Å². The topological polar surface area (TPSA) is 72.7 Å². The van der Waals surface area contributed by atoms with Crippen molar-refractivity contribution in [3.63, 3.8) is 0 Å². The first-order valence-corrected chi connectivity index (χ1v) is 5.96. The Bertz CT molecular complexity index is 493. The van der Waals surface area contributed by atoms with Gasteiger partial charge in [0.05, 0.1) is 17.6 Å². The van der Waals surface area contributed by atoms with Gasteiger partial charge in [0, 0.05) is 25.2 Å². The first-order valence-electron chi connectivity index (χ1n) is 5.58. The molecule has 19 heavy (non-hydrogen) atoms. The summed E-state index contributed by atoms with van der Waals surface area (Å²) in [7, 11) is 3.10. The zero-order valence-electron chi connectivity index (χ0n) is 10.9. The number of carbonyl (C=O) groups is 1. The highest BCUT2D eigenvalue weighted by Gasteiger charge is 2.25. The summed E-state index contributed by atoms with van der Waals surface area (Å²) in [5.41, 5.74) is -0.284. The van der Waals surface area contributed by atoms with Gasteiger partial charge < -0.3 is 9.64 Å². The fraction of sp³-hybridized carbons (Fsp3) is 0.417. The van der Waals surface area contributed by atoms with Gasteiger partial charge >= 0.3 is 0 Å². The first kappa shape index (κ1) is 15.4. The lowest BCUT2D eigenvalue weighted by atomic mass is 10.1. The zero-order chi connectivity index (χ0) is 14.6. The number of nitro groups is 1. The minimum Gasteiger partial charge on any atom is -0.383 e. The Balaban J connectivity index is 3.09. The van der Waals surface area contributed by atoms with Crippen molar-refractivity contribution >= 4 is 23.2 Å². The maximum atomic E-state index is 12.2. The van der Waals surface area contributed by atoms with E-state index in [2.05, 4.69) is 0 Å². The second-order valence-corrected chi connectivity index (χ2v) is 4.58. The molecule has 0 heterocycles. The van der Waals surface area contributed by atoms with Crippen LogP contribution in [0.3, 0.4) is 0 Å². The van der Waals surface area contributed by atoms with Crippen molar-refractivity contribution < 1.29 is 14.5 Å². The molecule has 1 unspecified atom stereocenters. The van der Waals surface area contributed by atoms with E-state index >= 15 is 0 Å². The van der Waals surface area contributed by atoms with Crippen molar-refractivity contribution in [2.75, 3.05) is 20.8 Å². The maximum Gasteiger partial charge on any atom is 0.283 e. The summed E-state index contributed by atoms with van der Waals surface area (Å²) >= 11 is 5.71. The van der Waals surface area contributed by atoms with Gasteiger partial charge in [0.2, 0.25) is 0 Å². The van der Waals surface area contributed by atoms with E-state index in [4.69, 9.17) is 16.3 Å². The number of amides is 1. The monoisotopic (exact) mass is 286 g/mol. The van der Waals surface area contributed by atoms with Gasteiger partial charge in [0.15, 0.2) is 0 Å². The van der Waals surface area contributed by atoms with Crippen LogP contribution < -0.4 is 0 Å². The van der Waals surface area contributed by atoms with E-state index < -0.39 is 10.8 Å². The molecule has 104 valence electrons. The van der Waals surface area contributed by atoms with E-state index in [1.807, 2.05) is 0 Å².